The Kier molecular flexibility index (Phi) is 6.23. The van der Waals surface area contributed by atoms with E-state index in [2.05, 4.69) is 138 Å². The molecule has 6 aromatic rings. The summed E-state index contributed by atoms with van der Waals surface area (Å²) < 4.78 is 0. The van der Waals surface area contributed by atoms with Crippen molar-refractivity contribution < 1.29 is 0 Å². The zero-order valence-electron chi connectivity index (χ0n) is 21.9. The standard InChI is InChI=1S/C37H27N3/c1-2-9-26(10-3-1)27-18-20-29(21-19-27)36-35(31-14-6-13-30(23-31)32-15-8-22-38-24-32)25-39-37(40-36)34-17-7-12-28-11-4-5-16-33(28)34/h1-25,36H,(H,39,40). The molecule has 0 saturated carbocycles. The van der Waals surface area contributed by atoms with Gasteiger partial charge in [0, 0.05) is 35.3 Å². The molecule has 3 heteroatoms. The van der Waals surface area contributed by atoms with Crippen molar-refractivity contribution in [3.8, 4) is 22.3 Å². The molecular formula is C37H27N3. The molecule has 7 rings (SSSR count). The summed E-state index contributed by atoms with van der Waals surface area (Å²) in [6, 6.07) is 46.7. The highest BCUT2D eigenvalue weighted by molar-refractivity contribution is 6.11. The van der Waals surface area contributed by atoms with Crippen molar-refractivity contribution >= 4 is 22.2 Å². The van der Waals surface area contributed by atoms with Crippen LogP contribution in [-0.4, -0.2) is 10.8 Å². The minimum Gasteiger partial charge on any atom is -0.346 e. The molecule has 1 aliphatic heterocycles. The molecule has 40 heavy (non-hydrogen) atoms. The van der Waals surface area contributed by atoms with Crippen molar-refractivity contribution in [3.05, 3.63) is 169 Å². The van der Waals surface area contributed by atoms with Crippen LogP contribution in [0.1, 0.15) is 22.7 Å². The number of benzene rings is 5. The van der Waals surface area contributed by atoms with Crippen LogP contribution in [0.15, 0.2) is 157 Å². The van der Waals surface area contributed by atoms with Gasteiger partial charge in [0.1, 0.15) is 11.9 Å². The zero-order chi connectivity index (χ0) is 26.7. The van der Waals surface area contributed by atoms with E-state index in [-0.39, 0.29) is 6.04 Å². The van der Waals surface area contributed by atoms with E-state index in [4.69, 9.17) is 4.99 Å². The van der Waals surface area contributed by atoms with Crippen LogP contribution in [0.2, 0.25) is 0 Å². The molecule has 190 valence electrons. The number of fused-ring (bicyclic) bond motifs is 1. The average molecular weight is 514 g/mol. The van der Waals surface area contributed by atoms with Crippen LogP contribution in [-0.2, 0) is 0 Å². The second kappa shape index (κ2) is 10.5. The topological polar surface area (TPSA) is 37.3 Å². The summed E-state index contributed by atoms with van der Waals surface area (Å²) in [4.78, 5) is 9.68. The molecule has 1 unspecified atom stereocenters. The van der Waals surface area contributed by atoms with E-state index < -0.39 is 0 Å². The minimum absolute atomic E-state index is 0.163. The number of hydrogen-bond acceptors (Lipinski definition) is 3. The molecule has 0 amide bonds. The molecule has 0 aliphatic carbocycles. The highest BCUT2D eigenvalue weighted by Gasteiger charge is 2.24. The molecule has 1 aromatic heterocycles. The second-order valence-corrected chi connectivity index (χ2v) is 9.96. The largest absolute Gasteiger partial charge is 0.346 e. The van der Waals surface area contributed by atoms with Crippen molar-refractivity contribution in [1.82, 2.24) is 10.3 Å². The molecule has 1 atom stereocenters. The number of nitrogens with zero attached hydrogens (tertiary/aromatic N) is 2. The molecule has 0 saturated heterocycles. The first kappa shape index (κ1) is 23.8. The summed E-state index contributed by atoms with van der Waals surface area (Å²) >= 11 is 0. The summed E-state index contributed by atoms with van der Waals surface area (Å²) in [7, 11) is 0. The van der Waals surface area contributed by atoms with E-state index in [1.54, 1.807) is 6.20 Å². The van der Waals surface area contributed by atoms with Crippen LogP contribution in [0, 0.1) is 0 Å². The van der Waals surface area contributed by atoms with Crippen LogP contribution in [0.4, 0.5) is 0 Å². The van der Waals surface area contributed by atoms with Gasteiger partial charge in [-0.25, -0.2) is 0 Å². The van der Waals surface area contributed by atoms with Gasteiger partial charge in [-0.2, -0.15) is 0 Å². The maximum Gasteiger partial charge on any atom is 0.133 e. The molecule has 0 spiro atoms. The average Bonchev–Trinajstić information content (AvgIpc) is 3.05. The summed E-state index contributed by atoms with van der Waals surface area (Å²) in [6.07, 6.45) is 5.84. The first-order valence-electron chi connectivity index (χ1n) is 13.5. The van der Waals surface area contributed by atoms with Gasteiger partial charge in [-0.05, 0) is 50.7 Å². The van der Waals surface area contributed by atoms with Gasteiger partial charge in [-0.1, -0.05) is 121 Å². The van der Waals surface area contributed by atoms with Crippen LogP contribution < -0.4 is 5.32 Å². The zero-order valence-corrected chi connectivity index (χ0v) is 21.9. The summed E-state index contributed by atoms with van der Waals surface area (Å²) in [5, 5.41) is 5.93. The SMILES string of the molecule is C1=C(c2cccc(-c3cccnc3)c2)C(c2ccc(-c3ccccc3)cc2)N=C(c2cccc3ccccc23)N1. The Bertz CT molecular complexity index is 1850. The molecular weight excluding hydrogens is 486 g/mol. The third-order valence-electron chi connectivity index (χ3n) is 7.49. The number of aliphatic imine (C=N–C) groups is 1. The van der Waals surface area contributed by atoms with Gasteiger partial charge in [0.05, 0.1) is 0 Å². The summed E-state index contributed by atoms with van der Waals surface area (Å²) in [5.74, 6) is 0.876. The van der Waals surface area contributed by atoms with E-state index in [1.165, 1.54) is 21.9 Å². The maximum absolute atomic E-state index is 5.36. The molecule has 0 fully saturated rings. The van der Waals surface area contributed by atoms with E-state index in [9.17, 15) is 0 Å². The molecule has 3 nitrogen and oxygen atoms in total. The van der Waals surface area contributed by atoms with E-state index >= 15 is 0 Å². The third kappa shape index (κ3) is 4.59. The Morgan fingerprint density at radius 1 is 0.550 bits per heavy atom. The van der Waals surface area contributed by atoms with Gasteiger partial charge >= 0.3 is 0 Å². The lowest BCUT2D eigenvalue weighted by Crippen LogP contribution is -2.25. The van der Waals surface area contributed by atoms with Crippen molar-refractivity contribution in [2.75, 3.05) is 0 Å². The van der Waals surface area contributed by atoms with E-state index in [0.717, 1.165) is 39.2 Å². The number of amidine groups is 1. The predicted octanol–water partition coefficient (Wildman–Crippen LogP) is 8.70. The number of aromatic nitrogens is 1. The molecule has 5 aromatic carbocycles. The van der Waals surface area contributed by atoms with Gasteiger partial charge < -0.3 is 5.32 Å². The number of rotatable bonds is 5. The normalized spacial score (nSPS) is 14.8. The Balaban J connectivity index is 1.33. The lowest BCUT2D eigenvalue weighted by molar-refractivity contribution is 0.895. The molecule has 1 N–H and O–H groups in total. The first-order valence-corrected chi connectivity index (χ1v) is 13.5. The monoisotopic (exact) mass is 513 g/mol. The minimum atomic E-state index is -0.163. The van der Waals surface area contributed by atoms with Crippen LogP contribution in [0.25, 0.3) is 38.6 Å². The summed E-state index contributed by atoms with van der Waals surface area (Å²) in [5.41, 5.74) is 9.14. The quantitative estimate of drug-likeness (QED) is 0.250. The Morgan fingerprint density at radius 2 is 1.25 bits per heavy atom. The molecule has 0 bridgehead atoms. The Morgan fingerprint density at radius 3 is 2.10 bits per heavy atom. The fraction of sp³-hybridized carbons (Fsp3) is 0.0270. The second-order valence-electron chi connectivity index (χ2n) is 9.96. The first-order chi connectivity index (χ1) is 19.8. The Hall–Kier alpha value is -5.28. The van der Waals surface area contributed by atoms with E-state index in [1.807, 2.05) is 18.3 Å². The van der Waals surface area contributed by atoms with E-state index in [0.29, 0.717) is 0 Å². The van der Waals surface area contributed by atoms with Crippen LogP contribution >= 0.6 is 0 Å². The maximum atomic E-state index is 5.36. The summed E-state index contributed by atoms with van der Waals surface area (Å²) in [6.45, 7) is 0. The third-order valence-corrected chi connectivity index (χ3v) is 7.49. The van der Waals surface area contributed by atoms with Crippen LogP contribution in [0.5, 0.6) is 0 Å². The fourth-order valence-electron chi connectivity index (χ4n) is 5.44. The lowest BCUT2D eigenvalue weighted by atomic mass is 9.90. The van der Waals surface area contributed by atoms with Gasteiger partial charge in [-0.3, -0.25) is 9.98 Å². The van der Waals surface area contributed by atoms with Crippen molar-refractivity contribution in [3.63, 3.8) is 0 Å². The molecule has 1 aliphatic rings. The number of nitrogens with one attached hydrogen (secondary N) is 1. The Labute approximate surface area is 234 Å². The lowest BCUT2D eigenvalue weighted by Gasteiger charge is -2.25. The smallest absolute Gasteiger partial charge is 0.133 e. The highest BCUT2D eigenvalue weighted by atomic mass is 15.0. The van der Waals surface area contributed by atoms with Gasteiger partial charge in [0.15, 0.2) is 0 Å². The van der Waals surface area contributed by atoms with Crippen LogP contribution in [0.3, 0.4) is 0 Å². The predicted molar refractivity (Wildman–Crippen MR) is 166 cm³/mol. The van der Waals surface area contributed by atoms with Gasteiger partial charge in [0.2, 0.25) is 0 Å². The number of pyridine rings is 1. The molecule has 2 heterocycles. The fourth-order valence-corrected chi connectivity index (χ4v) is 5.44. The van der Waals surface area contributed by atoms with Gasteiger partial charge in [0.25, 0.3) is 0 Å². The van der Waals surface area contributed by atoms with Crippen molar-refractivity contribution in [2.45, 2.75) is 6.04 Å². The van der Waals surface area contributed by atoms with Gasteiger partial charge in [-0.15, -0.1) is 0 Å². The number of hydrogen-bond donors (Lipinski definition) is 1. The van der Waals surface area contributed by atoms with Crippen molar-refractivity contribution in [2.24, 2.45) is 4.99 Å². The van der Waals surface area contributed by atoms with Crippen molar-refractivity contribution in [1.29, 1.82) is 0 Å². The molecule has 0 radical (unpaired) electrons. The highest BCUT2D eigenvalue weighted by Crippen LogP contribution is 2.38.